The highest BCUT2D eigenvalue weighted by Gasteiger charge is 2.20. The number of benzene rings is 2. The summed E-state index contributed by atoms with van der Waals surface area (Å²) in [5.41, 5.74) is 1.17. The predicted octanol–water partition coefficient (Wildman–Crippen LogP) is 4.98. The molecule has 2 atom stereocenters. The van der Waals surface area contributed by atoms with E-state index in [0.29, 0.717) is 22.7 Å². The molecule has 0 aliphatic rings. The van der Waals surface area contributed by atoms with Crippen molar-refractivity contribution in [1.82, 2.24) is 9.80 Å². The van der Waals surface area contributed by atoms with Crippen LogP contribution in [0.15, 0.2) is 57.4 Å². The Bertz CT molecular complexity index is 1160. The van der Waals surface area contributed by atoms with E-state index in [-0.39, 0.29) is 29.8 Å². The number of ether oxygens (including phenoxy) is 2. The van der Waals surface area contributed by atoms with Crippen LogP contribution in [0, 0.1) is 0 Å². The highest BCUT2D eigenvalue weighted by Crippen LogP contribution is 2.29. The maximum Gasteiger partial charge on any atom is 0.263 e. The Balaban J connectivity index is 1.57. The average molecular weight is 437 g/mol. The summed E-state index contributed by atoms with van der Waals surface area (Å²) in [5.74, 6) is 1.47. The molecule has 32 heavy (non-hydrogen) atoms. The van der Waals surface area contributed by atoms with E-state index in [4.69, 9.17) is 18.3 Å². The number of rotatable bonds is 8. The minimum absolute atomic E-state index is 0.0892. The van der Waals surface area contributed by atoms with E-state index in [1.54, 1.807) is 24.3 Å². The summed E-state index contributed by atoms with van der Waals surface area (Å²) in [4.78, 5) is 16.9. The Hall–Kier alpha value is -3.29. The van der Waals surface area contributed by atoms with Crippen molar-refractivity contribution in [3.05, 3.63) is 60.1 Å². The Labute approximate surface area is 187 Å². The van der Waals surface area contributed by atoms with Crippen molar-refractivity contribution < 1.29 is 23.1 Å². The standard InChI is InChI=1S/C25H28N2O5/c1-15(26(3)4)29-19-9-7-17-11-23(31-21(17)13-19)25(28)24-12-18-8-10-20(14-22(18)32-24)30-16(2)27(5)6/h7-16H,1-6H3. The second-order valence-electron chi connectivity index (χ2n) is 8.31. The van der Waals surface area contributed by atoms with Gasteiger partial charge in [0.05, 0.1) is 0 Å². The number of hydrogen-bond donors (Lipinski definition) is 0. The van der Waals surface area contributed by atoms with Gasteiger partial charge in [-0.05, 0) is 78.4 Å². The molecule has 0 radical (unpaired) electrons. The molecule has 4 rings (SSSR count). The summed E-state index contributed by atoms with van der Waals surface area (Å²) >= 11 is 0. The van der Waals surface area contributed by atoms with Gasteiger partial charge in [-0.2, -0.15) is 0 Å². The lowest BCUT2D eigenvalue weighted by molar-refractivity contribution is 0.0815. The molecular weight excluding hydrogens is 408 g/mol. The Morgan fingerprint density at radius 2 is 1.12 bits per heavy atom. The average Bonchev–Trinajstić information content (AvgIpc) is 3.36. The number of fused-ring (bicyclic) bond motifs is 2. The number of carbonyl (C=O) groups is 1. The molecule has 2 aromatic heterocycles. The maximum atomic E-state index is 13.0. The second-order valence-corrected chi connectivity index (χ2v) is 8.31. The van der Waals surface area contributed by atoms with E-state index in [9.17, 15) is 4.79 Å². The highest BCUT2D eigenvalue weighted by molar-refractivity contribution is 6.09. The summed E-state index contributed by atoms with van der Waals surface area (Å²) in [6.07, 6.45) is -0.178. The van der Waals surface area contributed by atoms with E-state index >= 15 is 0 Å². The van der Waals surface area contributed by atoms with Crippen molar-refractivity contribution in [2.45, 2.75) is 26.3 Å². The van der Waals surface area contributed by atoms with Gasteiger partial charge in [-0.15, -0.1) is 0 Å². The van der Waals surface area contributed by atoms with Crippen LogP contribution >= 0.6 is 0 Å². The third-order valence-electron chi connectivity index (χ3n) is 5.50. The van der Waals surface area contributed by atoms with Crippen LogP contribution in [0.5, 0.6) is 11.5 Å². The molecule has 0 fully saturated rings. The summed E-state index contributed by atoms with van der Waals surface area (Å²) < 4.78 is 23.4. The van der Waals surface area contributed by atoms with Crippen LogP contribution in [0.1, 0.15) is 30.2 Å². The fourth-order valence-corrected chi connectivity index (χ4v) is 3.12. The van der Waals surface area contributed by atoms with Crippen molar-refractivity contribution in [3.8, 4) is 11.5 Å². The topological polar surface area (TPSA) is 68.3 Å². The van der Waals surface area contributed by atoms with E-state index in [1.807, 2.05) is 76.1 Å². The number of carbonyl (C=O) groups excluding carboxylic acids is 1. The van der Waals surface area contributed by atoms with Gasteiger partial charge in [0.25, 0.3) is 5.78 Å². The smallest absolute Gasteiger partial charge is 0.263 e. The number of furan rings is 2. The van der Waals surface area contributed by atoms with Gasteiger partial charge < -0.3 is 18.3 Å². The minimum atomic E-state index is -0.314. The Morgan fingerprint density at radius 3 is 1.50 bits per heavy atom. The molecule has 2 unspecified atom stereocenters. The molecule has 0 amide bonds. The zero-order valence-electron chi connectivity index (χ0n) is 19.2. The molecular formula is C25H28N2O5. The lowest BCUT2D eigenvalue weighted by Gasteiger charge is -2.21. The van der Waals surface area contributed by atoms with Crippen LogP contribution < -0.4 is 9.47 Å². The second kappa shape index (κ2) is 8.68. The predicted molar refractivity (Wildman–Crippen MR) is 123 cm³/mol. The number of ketones is 1. The fourth-order valence-electron chi connectivity index (χ4n) is 3.12. The molecule has 0 spiro atoms. The summed E-state index contributed by atoms with van der Waals surface area (Å²) in [6.45, 7) is 3.92. The van der Waals surface area contributed by atoms with E-state index in [1.165, 1.54) is 0 Å². The molecule has 0 saturated heterocycles. The van der Waals surface area contributed by atoms with Crippen LogP contribution in [0.2, 0.25) is 0 Å². The van der Waals surface area contributed by atoms with Crippen molar-refractivity contribution in [3.63, 3.8) is 0 Å². The molecule has 2 heterocycles. The highest BCUT2D eigenvalue weighted by atomic mass is 16.5. The third-order valence-corrected chi connectivity index (χ3v) is 5.50. The summed E-state index contributed by atoms with van der Waals surface area (Å²) in [7, 11) is 7.77. The van der Waals surface area contributed by atoms with Crippen LogP contribution in [-0.4, -0.2) is 56.2 Å². The quantitative estimate of drug-likeness (QED) is 0.285. The van der Waals surface area contributed by atoms with Gasteiger partial charge in [-0.1, -0.05) is 0 Å². The van der Waals surface area contributed by atoms with Crippen molar-refractivity contribution in [2.75, 3.05) is 28.2 Å². The van der Waals surface area contributed by atoms with E-state index in [0.717, 1.165) is 10.8 Å². The zero-order chi connectivity index (χ0) is 23.0. The molecule has 7 nitrogen and oxygen atoms in total. The Morgan fingerprint density at radius 1 is 0.719 bits per heavy atom. The molecule has 0 aliphatic heterocycles. The van der Waals surface area contributed by atoms with Gasteiger partial charge in [0.2, 0.25) is 0 Å². The lowest BCUT2D eigenvalue weighted by Crippen LogP contribution is -2.30. The third kappa shape index (κ3) is 4.49. The van der Waals surface area contributed by atoms with Gasteiger partial charge >= 0.3 is 0 Å². The minimum Gasteiger partial charge on any atom is -0.475 e. The summed E-state index contributed by atoms with van der Waals surface area (Å²) in [5, 5.41) is 1.64. The fraction of sp³-hybridized carbons (Fsp3) is 0.320. The van der Waals surface area contributed by atoms with Crippen molar-refractivity contribution in [1.29, 1.82) is 0 Å². The molecule has 0 aliphatic carbocycles. The first-order valence-electron chi connectivity index (χ1n) is 10.5. The molecule has 168 valence electrons. The van der Waals surface area contributed by atoms with Crippen molar-refractivity contribution >= 4 is 27.7 Å². The SMILES string of the molecule is CC(Oc1ccc2cc(C(=O)c3cc4ccc(OC(C)N(C)C)cc4o3)oc2c1)N(C)C. The Kier molecular flexibility index (Phi) is 5.95. The van der Waals surface area contributed by atoms with Gasteiger partial charge in [0.15, 0.2) is 11.5 Å². The van der Waals surface area contributed by atoms with Crippen LogP contribution in [0.4, 0.5) is 0 Å². The normalized spacial score (nSPS) is 13.8. The lowest BCUT2D eigenvalue weighted by atomic mass is 10.2. The first kappa shape index (κ1) is 21.9. The number of nitrogens with zero attached hydrogens (tertiary/aromatic N) is 2. The van der Waals surface area contributed by atoms with Crippen molar-refractivity contribution in [2.24, 2.45) is 0 Å². The molecule has 0 bridgehead atoms. The van der Waals surface area contributed by atoms with E-state index in [2.05, 4.69) is 0 Å². The maximum absolute atomic E-state index is 13.0. The van der Waals surface area contributed by atoms with Gasteiger partial charge in [-0.25, -0.2) is 0 Å². The first-order valence-corrected chi connectivity index (χ1v) is 10.5. The van der Waals surface area contributed by atoms with Gasteiger partial charge in [0, 0.05) is 22.9 Å². The van der Waals surface area contributed by atoms with Crippen LogP contribution in [0.3, 0.4) is 0 Å². The molecule has 0 N–H and O–H groups in total. The van der Waals surface area contributed by atoms with Gasteiger partial charge in [0.1, 0.15) is 35.1 Å². The van der Waals surface area contributed by atoms with Crippen LogP contribution in [0.25, 0.3) is 21.9 Å². The first-order chi connectivity index (χ1) is 15.2. The van der Waals surface area contributed by atoms with Gasteiger partial charge in [-0.3, -0.25) is 14.6 Å². The largest absolute Gasteiger partial charge is 0.475 e. The number of hydrogen-bond acceptors (Lipinski definition) is 7. The zero-order valence-corrected chi connectivity index (χ0v) is 19.2. The van der Waals surface area contributed by atoms with Crippen LogP contribution in [-0.2, 0) is 0 Å². The molecule has 2 aromatic carbocycles. The molecule has 7 heteroatoms. The summed E-state index contributed by atoms with van der Waals surface area (Å²) in [6, 6.07) is 14.5. The molecule has 4 aromatic rings. The monoisotopic (exact) mass is 436 g/mol. The molecule has 0 saturated carbocycles. The van der Waals surface area contributed by atoms with E-state index < -0.39 is 0 Å².